The summed E-state index contributed by atoms with van der Waals surface area (Å²) in [4.78, 5) is 18.6. The van der Waals surface area contributed by atoms with E-state index in [9.17, 15) is 4.79 Å². The van der Waals surface area contributed by atoms with Crippen LogP contribution in [0.3, 0.4) is 0 Å². The molecule has 0 aliphatic carbocycles. The fraction of sp³-hybridized carbons (Fsp3) is 0.500. The first-order chi connectivity index (χ1) is 13.0. The molecule has 2 aromatic rings. The summed E-state index contributed by atoms with van der Waals surface area (Å²) in [5, 5.41) is 8.08. The number of aryl methyl sites for hydroxylation is 2. The fourth-order valence-corrected chi connectivity index (χ4v) is 3.36. The Hall–Kier alpha value is -2.32. The number of aromatic nitrogens is 3. The van der Waals surface area contributed by atoms with Gasteiger partial charge in [-0.2, -0.15) is 5.10 Å². The van der Waals surface area contributed by atoms with Crippen molar-refractivity contribution in [3.05, 3.63) is 34.1 Å². The van der Waals surface area contributed by atoms with Gasteiger partial charge >= 0.3 is 0 Å². The number of carbonyl (C=O) groups is 1. The van der Waals surface area contributed by atoms with Crippen molar-refractivity contribution in [2.75, 3.05) is 38.7 Å². The molecule has 8 nitrogen and oxygen atoms in total. The highest BCUT2D eigenvalue weighted by Crippen LogP contribution is 2.26. The molecule has 1 saturated heterocycles. The number of hydrogen-bond acceptors (Lipinski definition) is 6. The molecule has 1 aliphatic heterocycles. The number of halogens is 1. The van der Waals surface area contributed by atoms with Gasteiger partial charge in [0.1, 0.15) is 5.82 Å². The van der Waals surface area contributed by atoms with Crippen LogP contribution in [0, 0.1) is 0 Å². The minimum Gasteiger partial charge on any atom is -0.481 e. The van der Waals surface area contributed by atoms with Crippen LogP contribution in [-0.4, -0.2) is 59.0 Å². The first kappa shape index (κ1) is 19.4. The first-order valence-corrected chi connectivity index (χ1v) is 9.28. The van der Waals surface area contributed by atoms with Crippen molar-refractivity contribution < 1.29 is 14.3 Å². The zero-order chi connectivity index (χ0) is 19.4. The zero-order valence-electron chi connectivity index (χ0n) is 15.8. The number of ether oxygens (including phenoxy) is 2. The van der Waals surface area contributed by atoms with Crippen LogP contribution in [0.2, 0.25) is 5.02 Å². The molecule has 1 fully saturated rings. The van der Waals surface area contributed by atoms with Crippen molar-refractivity contribution in [2.45, 2.75) is 19.9 Å². The van der Waals surface area contributed by atoms with Crippen LogP contribution >= 0.6 is 11.6 Å². The van der Waals surface area contributed by atoms with Gasteiger partial charge in [-0.3, -0.25) is 4.79 Å². The normalized spacial score (nSPS) is 14.3. The number of methoxy groups -OCH3 is 1. The highest BCUT2D eigenvalue weighted by Gasteiger charge is 2.20. The van der Waals surface area contributed by atoms with Gasteiger partial charge in [-0.05, 0) is 12.5 Å². The maximum atomic E-state index is 12.5. The topological polar surface area (TPSA) is 81.5 Å². The predicted molar refractivity (Wildman–Crippen MR) is 102 cm³/mol. The van der Waals surface area contributed by atoms with E-state index in [1.165, 1.54) is 0 Å². The van der Waals surface area contributed by atoms with Gasteiger partial charge in [-0.25, -0.2) is 9.67 Å². The lowest BCUT2D eigenvalue weighted by Gasteiger charge is -2.26. The summed E-state index contributed by atoms with van der Waals surface area (Å²) in [5.74, 6) is 1.14. The summed E-state index contributed by atoms with van der Waals surface area (Å²) < 4.78 is 12.4. The average molecular weight is 394 g/mol. The van der Waals surface area contributed by atoms with Crippen molar-refractivity contribution in [3.8, 4) is 5.88 Å². The molecule has 2 aromatic heterocycles. The Bertz CT molecular complexity index is 818. The van der Waals surface area contributed by atoms with E-state index in [0.717, 1.165) is 17.7 Å². The third-order valence-corrected chi connectivity index (χ3v) is 4.81. The molecule has 0 radical (unpaired) electrons. The van der Waals surface area contributed by atoms with Gasteiger partial charge in [0.25, 0.3) is 5.91 Å². The number of rotatable bonds is 6. The third-order valence-electron chi connectivity index (χ3n) is 4.52. The van der Waals surface area contributed by atoms with Crippen LogP contribution in [0.5, 0.6) is 5.88 Å². The van der Waals surface area contributed by atoms with E-state index < -0.39 is 0 Å². The van der Waals surface area contributed by atoms with Gasteiger partial charge in [-0.1, -0.05) is 18.5 Å². The van der Waals surface area contributed by atoms with E-state index in [2.05, 4.69) is 15.4 Å². The summed E-state index contributed by atoms with van der Waals surface area (Å²) in [6, 6.07) is 1.65. The summed E-state index contributed by atoms with van der Waals surface area (Å²) >= 11 is 6.36. The lowest BCUT2D eigenvalue weighted by molar-refractivity contribution is 0.0302. The SMILES string of the molecule is CCc1nn(C)c(OC)c1CNc1ncc(C(=O)N2CCOCC2)cc1Cl. The molecule has 0 aromatic carbocycles. The molecule has 9 heteroatoms. The Labute approximate surface area is 163 Å². The van der Waals surface area contributed by atoms with Crippen LogP contribution in [0.1, 0.15) is 28.5 Å². The van der Waals surface area contributed by atoms with Crippen LogP contribution < -0.4 is 10.1 Å². The molecule has 3 heterocycles. The van der Waals surface area contributed by atoms with E-state index in [0.29, 0.717) is 55.1 Å². The molecular weight excluding hydrogens is 370 g/mol. The second kappa shape index (κ2) is 8.58. The monoisotopic (exact) mass is 393 g/mol. The van der Waals surface area contributed by atoms with E-state index >= 15 is 0 Å². The first-order valence-electron chi connectivity index (χ1n) is 8.90. The number of pyridine rings is 1. The quantitative estimate of drug-likeness (QED) is 0.809. The number of amides is 1. The number of carbonyl (C=O) groups excluding carboxylic acids is 1. The maximum absolute atomic E-state index is 12.5. The van der Waals surface area contributed by atoms with Gasteiger partial charge in [0.15, 0.2) is 0 Å². The lowest BCUT2D eigenvalue weighted by Crippen LogP contribution is -2.40. The van der Waals surface area contributed by atoms with Gasteiger partial charge < -0.3 is 19.7 Å². The summed E-state index contributed by atoms with van der Waals surface area (Å²) in [6.45, 7) is 4.79. The second-order valence-corrected chi connectivity index (χ2v) is 6.63. The highest BCUT2D eigenvalue weighted by molar-refractivity contribution is 6.33. The Kier molecular flexibility index (Phi) is 6.18. The third kappa shape index (κ3) is 4.17. The molecule has 3 rings (SSSR count). The molecule has 27 heavy (non-hydrogen) atoms. The molecule has 0 unspecified atom stereocenters. The number of morpholine rings is 1. The van der Waals surface area contributed by atoms with Crippen LogP contribution in [0.4, 0.5) is 5.82 Å². The molecule has 146 valence electrons. The van der Waals surface area contributed by atoms with Gasteiger partial charge in [-0.15, -0.1) is 0 Å². The smallest absolute Gasteiger partial charge is 0.255 e. The lowest BCUT2D eigenvalue weighted by atomic mass is 10.2. The highest BCUT2D eigenvalue weighted by atomic mass is 35.5. The molecule has 0 saturated carbocycles. The second-order valence-electron chi connectivity index (χ2n) is 6.22. The molecule has 0 atom stereocenters. The van der Waals surface area contributed by atoms with Gasteiger partial charge in [0.05, 0.1) is 42.2 Å². The summed E-state index contributed by atoms with van der Waals surface area (Å²) in [7, 11) is 3.47. The molecular formula is C18H24ClN5O3. The van der Waals surface area contributed by atoms with Gasteiger partial charge in [0, 0.05) is 32.9 Å². The van der Waals surface area contributed by atoms with Crippen molar-refractivity contribution in [1.29, 1.82) is 0 Å². The van der Waals surface area contributed by atoms with Crippen LogP contribution in [-0.2, 0) is 24.8 Å². The van der Waals surface area contributed by atoms with E-state index in [1.807, 2.05) is 14.0 Å². The van der Waals surface area contributed by atoms with E-state index in [4.69, 9.17) is 21.1 Å². The Balaban J connectivity index is 1.72. The van der Waals surface area contributed by atoms with Gasteiger partial charge in [0.2, 0.25) is 5.88 Å². The minimum absolute atomic E-state index is 0.0820. The number of hydrogen-bond donors (Lipinski definition) is 1. The molecule has 1 aliphatic rings. The maximum Gasteiger partial charge on any atom is 0.255 e. The standard InChI is InChI=1S/C18H24ClN5O3/c1-4-15-13(18(26-3)23(2)22-15)11-21-16-14(19)9-12(10-20-16)17(25)24-5-7-27-8-6-24/h9-10H,4-8,11H2,1-3H3,(H,20,21). The number of nitrogens with one attached hydrogen (secondary N) is 1. The average Bonchev–Trinajstić information content (AvgIpc) is 3.01. The van der Waals surface area contributed by atoms with E-state index in [1.54, 1.807) is 29.0 Å². The van der Waals surface area contributed by atoms with Crippen molar-refractivity contribution in [3.63, 3.8) is 0 Å². The molecule has 0 bridgehead atoms. The Morgan fingerprint density at radius 1 is 1.41 bits per heavy atom. The summed E-state index contributed by atoms with van der Waals surface area (Å²) in [5.41, 5.74) is 2.39. The largest absolute Gasteiger partial charge is 0.481 e. The zero-order valence-corrected chi connectivity index (χ0v) is 16.5. The summed E-state index contributed by atoms with van der Waals surface area (Å²) in [6.07, 6.45) is 2.34. The van der Waals surface area contributed by atoms with Crippen LogP contribution in [0.25, 0.3) is 0 Å². The molecule has 0 spiro atoms. The number of nitrogens with zero attached hydrogens (tertiary/aromatic N) is 4. The van der Waals surface area contributed by atoms with Crippen molar-refractivity contribution in [2.24, 2.45) is 7.05 Å². The Morgan fingerprint density at radius 2 is 2.15 bits per heavy atom. The minimum atomic E-state index is -0.0820. The predicted octanol–water partition coefficient (Wildman–Crippen LogP) is 2.12. The van der Waals surface area contributed by atoms with Crippen LogP contribution in [0.15, 0.2) is 12.3 Å². The fourth-order valence-electron chi connectivity index (χ4n) is 3.13. The Morgan fingerprint density at radius 3 is 2.78 bits per heavy atom. The van der Waals surface area contributed by atoms with Crippen molar-refractivity contribution >= 4 is 23.3 Å². The molecule has 1 amide bonds. The van der Waals surface area contributed by atoms with Crippen molar-refractivity contribution in [1.82, 2.24) is 19.7 Å². The van der Waals surface area contributed by atoms with E-state index in [-0.39, 0.29) is 5.91 Å². The molecule has 1 N–H and O–H groups in total. The number of anilines is 1.